The van der Waals surface area contributed by atoms with Gasteiger partial charge >= 0.3 is 5.97 Å². The third-order valence-electron chi connectivity index (χ3n) is 12.2. The molecule has 1 unspecified atom stereocenters. The minimum Gasteiger partial charge on any atom is -0.490 e. The number of hydrogen-bond acceptors (Lipinski definition) is 10. The fraction of sp³-hybridized carbons (Fsp3) is 0.512. The number of carbonyl (C=O) groups is 3. The first kappa shape index (κ1) is 39.8. The monoisotopic (exact) mass is 807 g/mol. The lowest BCUT2D eigenvalue weighted by atomic mass is 9.68. The maximum Gasteiger partial charge on any atom is 0.303 e. The molecule has 3 aromatic rings. The van der Waals surface area contributed by atoms with Crippen molar-refractivity contribution < 1.29 is 37.5 Å². The van der Waals surface area contributed by atoms with Crippen molar-refractivity contribution in [2.75, 3.05) is 38.8 Å². The number of nitrogens with one attached hydrogen (secondary N) is 1. The van der Waals surface area contributed by atoms with Crippen LogP contribution in [0.25, 0.3) is 0 Å². The highest BCUT2D eigenvalue weighted by atomic mass is 35.5. The molecule has 0 saturated heterocycles. The summed E-state index contributed by atoms with van der Waals surface area (Å²) in [5.41, 5.74) is 3.07. The Balaban J connectivity index is 1.36. The summed E-state index contributed by atoms with van der Waals surface area (Å²) in [5, 5.41) is 3.86. The maximum absolute atomic E-state index is 15.2. The molecule has 2 aromatic carbocycles. The standard InChI is InChI=1S/C41H50ClN5O8S/c1-24-25(2)56(51,45-39(50)32-21-46(4)43-40(32)53-6)44-38(49)28-10-14-37-34(19-28)47(20-29-9-12-31(29)36(52-5)16-15-35(24)55-26(3)48)22-41(23-54-37)17-7-8-27-18-30(42)11-13-33(27)41/h10-11,13-16,18-19,21,24-25,29,31,35-36H,7-9,12,17,20,22-23H2,1-6H3,(H,44,45,49,50,51)/b16-15+/t24-,25-,29+,31-,35+,36-,41+,56?/m1/s1. The van der Waals surface area contributed by atoms with E-state index < -0.39 is 45.0 Å². The molecule has 1 fully saturated rings. The Morgan fingerprint density at radius 1 is 1.09 bits per heavy atom. The Labute approximate surface area is 333 Å². The van der Waals surface area contributed by atoms with Crippen LogP contribution in [0.2, 0.25) is 5.02 Å². The number of aryl methyl sites for hydroxylation is 2. The molecule has 15 heteroatoms. The predicted molar refractivity (Wildman–Crippen MR) is 213 cm³/mol. The first-order valence-electron chi connectivity index (χ1n) is 19.1. The van der Waals surface area contributed by atoms with E-state index in [2.05, 4.69) is 31.2 Å². The summed E-state index contributed by atoms with van der Waals surface area (Å²) >= 11 is 6.47. The summed E-state index contributed by atoms with van der Waals surface area (Å²) in [7, 11) is 0.734. The Morgan fingerprint density at radius 2 is 1.88 bits per heavy atom. The lowest BCUT2D eigenvalue weighted by molar-refractivity contribution is -0.146. The zero-order valence-corrected chi connectivity index (χ0v) is 34.2. The molecule has 1 N–H and O–H groups in total. The van der Waals surface area contributed by atoms with Gasteiger partial charge in [0.05, 0.1) is 30.8 Å². The molecule has 1 aromatic heterocycles. The second-order valence-electron chi connectivity index (χ2n) is 15.6. The number of methoxy groups -OCH3 is 2. The number of anilines is 1. The molecule has 7 rings (SSSR count). The zero-order valence-electron chi connectivity index (χ0n) is 32.7. The Kier molecular flexibility index (Phi) is 11.3. The van der Waals surface area contributed by atoms with E-state index in [1.54, 1.807) is 52.3 Å². The molecule has 300 valence electrons. The molecule has 8 atom stereocenters. The predicted octanol–water partition coefficient (Wildman–Crippen LogP) is 6.08. The van der Waals surface area contributed by atoms with Crippen molar-refractivity contribution in [3.8, 4) is 11.6 Å². The van der Waals surface area contributed by atoms with Crippen molar-refractivity contribution in [1.82, 2.24) is 14.5 Å². The molecule has 0 radical (unpaired) electrons. The average Bonchev–Trinajstić information content (AvgIpc) is 3.48. The minimum atomic E-state index is -3.93. The van der Waals surface area contributed by atoms with Gasteiger partial charge < -0.3 is 23.8 Å². The van der Waals surface area contributed by atoms with Crippen LogP contribution in [0.4, 0.5) is 5.69 Å². The van der Waals surface area contributed by atoms with Gasteiger partial charge in [-0.1, -0.05) is 30.7 Å². The van der Waals surface area contributed by atoms with Crippen molar-refractivity contribution in [2.45, 2.75) is 75.7 Å². The fourth-order valence-electron chi connectivity index (χ4n) is 8.81. The van der Waals surface area contributed by atoms with Crippen LogP contribution in [0.15, 0.2) is 59.1 Å². The number of ether oxygens (including phenoxy) is 4. The van der Waals surface area contributed by atoms with Crippen LogP contribution >= 0.6 is 11.6 Å². The van der Waals surface area contributed by atoms with Crippen LogP contribution in [0.3, 0.4) is 0 Å². The van der Waals surface area contributed by atoms with Gasteiger partial charge in [0.15, 0.2) is 0 Å². The summed E-state index contributed by atoms with van der Waals surface area (Å²) < 4.78 is 47.3. The van der Waals surface area contributed by atoms with Crippen molar-refractivity contribution in [3.05, 3.63) is 82.0 Å². The van der Waals surface area contributed by atoms with E-state index in [0.717, 1.165) is 37.8 Å². The average molecular weight is 808 g/mol. The molecular formula is C41H50ClN5O8S. The third-order valence-corrected chi connectivity index (χ3v) is 14.7. The number of amides is 2. The molecule has 2 amide bonds. The lowest BCUT2D eigenvalue weighted by Crippen LogP contribution is -2.49. The number of fused-ring (bicyclic) bond motifs is 4. The quantitative estimate of drug-likeness (QED) is 0.238. The molecule has 2 aliphatic heterocycles. The van der Waals surface area contributed by atoms with Gasteiger partial charge in [0, 0.05) is 62.3 Å². The summed E-state index contributed by atoms with van der Waals surface area (Å²) in [6.45, 7) is 6.44. The van der Waals surface area contributed by atoms with Gasteiger partial charge in [0.25, 0.3) is 11.8 Å². The van der Waals surface area contributed by atoms with Crippen LogP contribution < -0.4 is 19.1 Å². The van der Waals surface area contributed by atoms with Crippen LogP contribution in [0.1, 0.15) is 78.3 Å². The minimum absolute atomic E-state index is 0.0140. The molecular weight excluding hydrogens is 758 g/mol. The van der Waals surface area contributed by atoms with Crippen molar-refractivity contribution in [3.63, 3.8) is 0 Å². The van der Waals surface area contributed by atoms with E-state index in [9.17, 15) is 14.4 Å². The molecule has 4 aliphatic rings. The number of rotatable bonds is 5. The third kappa shape index (κ3) is 7.67. The number of aromatic nitrogens is 2. The normalized spacial score (nSPS) is 30.7. The van der Waals surface area contributed by atoms with E-state index in [0.29, 0.717) is 30.5 Å². The second-order valence-corrected chi connectivity index (χ2v) is 18.3. The molecule has 1 saturated carbocycles. The smallest absolute Gasteiger partial charge is 0.303 e. The van der Waals surface area contributed by atoms with Gasteiger partial charge in [-0.25, -0.2) is 4.21 Å². The largest absolute Gasteiger partial charge is 0.490 e. The first-order chi connectivity index (χ1) is 26.7. The summed E-state index contributed by atoms with van der Waals surface area (Å²) in [6.07, 6.45) is 8.71. The van der Waals surface area contributed by atoms with Gasteiger partial charge in [-0.05, 0) is 98.4 Å². The SMILES string of the molecule is COc1nn(C)cc1C(=O)NS1(=O)=NC(=O)c2ccc3c(c2)N(C[C@@H]2CC[C@H]2[C@H](OC)/C=C/[C@H](OC(C)=O)[C@H](C)[C@H]1C)C[C@@]1(CCCc2cc(Cl)ccc21)CO3. The van der Waals surface area contributed by atoms with Gasteiger partial charge in [0.2, 0.25) is 5.88 Å². The van der Waals surface area contributed by atoms with Crippen molar-refractivity contribution >= 4 is 45.0 Å². The summed E-state index contributed by atoms with van der Waals surface area (Å²) in [6, 6.07) is 11.3. The highest BCUT2D eigenvalue weighted by Crippen LogP contribution is 2.47. The molecule has 56 heavy (non-hydrogen) atoms. The molecule has 1 spiro atoms. The van der Waals surface area contributed by atoms with E-state index in [4.69, 9.17) is 30.5 Å². The van der Waals surface area contributed by atoms with E-state index in [1.165, 1.54) is 36.0 Å². The molecule has 2 bridgehead atoms. The second kappa shape index (κ2) is 15.9. The van der Waals surface area contributed by atoms with Crippen LogP contribution in [-0.2, 0) is 43.1 Å². The first-order valence-corrected chi connectivity index (χ1v) is 21.1. The van der Waals surface area contributed by atoms with Crippen molar-refractivity contribution in [2.24, 2.45) is 29.2 Å². The topological polar surface area (TPSA) is 151 Å². The van der Waals surface area contributed by atoms with Crippen LogP contribution in [0, 0.1) is 17.8 Å². The number of halogens is 1. The van der Waals surface area contributed by atoms with E-state index in [-0.39, 0.29) is 40.4 Å². The van der Waals surface area contributed by atoms with Gasteiger partial charge in [-0.15, -0.1) is 9.46 Å². The fourth-order valence-corrected chi connectivity index (χ4v) is 10.9. The van der Waals surface area contributed by atoms with Crippen molar-refractivity contribution in [1.29, 1.82) is 0 Å². The number of hydrogen-bond donors (Lipinski definition) is 1. The molecule has 13 nitrogen and oxygen atoms in total. The number of esters is 1. The maximum atomic E-state index is 15.2. The number of benzene rings is 2. The summed E-state index contributed by atoms with van der Waals surface area (Å²) in [5.74, 6) is -1.72. The Bertz CT molecular complexity index is 2180. The summed E-state index contributed by atoms with van der Waals surface area (Å²) in [4.78, 5) is 42.9. The Hall–Kier alpha value is -4.40. The van der Waals surface area contributed by atoms with E-state index in [1.807, 2.05) is 12.1 Å². The lowest BCUT2D eigenvalue weighted by Gasteiger charge is -2.46. The number of nitrogens with zero attached hydrogens (tertiary/aromatic N) is 4. The molecule has 3 heterocycles. The van der Waals surface area contributed by atoms with Gasteiger partial charge in [0.1, 0.15) is 27.3 Å². The number of carbonyl (C=O) groups excluding carboxylic acids is 3. The van der Waals surface area contributed by atoms with Crippen LogP contribution in [-0.4, -0.2) is 83.1 Å². The highest BCUT2D eigenvalue weighted by Gasteiger charge is 2.45. The van der Waals surface area contributed by atoms with E-state index >= 15 is 4.21 Å². The van der Waals surface area contributed by atoms with Gasteiger partial charge in [-0.2, -0.15) is 0 Å². The van der Waals surface area contributed by atoms with Crippen LogP contribution in [0.5, 0.6) is 11.6 Å². The zero-order chi connectivity index (χ0) is 39.9. The Morgan fingerprint density at radius 3 is 2.59 bits per heavy atom. The van der Waals surface area contributed by atoms with Gasteiger partial charge in [-0.3, -0.25) is 23.8 Å². The molecule has 2 aliphatic carbocycles. The highest BCUT2D eigenvalue weighted by molar-refractivity contribution is 7.93.